The summed E-state index contributed by atoms with van der Waals surface area (Å²) in [5.41, 5.74) is 0. The minimum absolute atomic E-state index is 0.572. The first kappa shape index (κ1) is 16.0. The minimum atomic E-state index is 0.572. The summed E-state index contributed by atoms with van der Waals surface area (Å²) in [6.45, 7) is 6.65. The third kappa shape index (κ3) is 8.10. The Hall–Kier alpha value is -0.0800. The van der Waals surface area contributed by atoms with Gasteiger partial charge in [-0.05, 0) is 52.0 Å². The van der Waals surface area contributed by atoms with Gasteiger partial charge < -0.3 is 10.1 Å². The summed E-state index contributed by atoms with van der Waals surface area (Å²) in [4.78, 5) is 0. The predicted octanol–water partition coefficient (Wildman–Crippen LogP) is 4.28. The van der Waals surface area contributed by atoms with Crippen LogP contribution in [0.3, 0.4) is 0 Å². The monoisotopic (exact) mass is 255 g/mol. The summed E-state index contributed by atoms with van der Waals surface area (Å²) in [6.07, 6.45) is 13.8. The SMILES string of the molecule is CCCNC(C)CCCCOC1CCCCCC1. The molecule has 0 aromatic heterocycles. The summed E-state index contributed by atoms with van der Waals surface area (Å²) in [6, 6.07) is 0.669. The highest BCUT2D eigenvalue weighted by atomic mass is 16.5. The van der Waals surface area contributed by atoms with Gasteiger partial charge in [-0.25, -0.2) is 0 Å². The van der Waals surface area contributed by atoms with E-state index < -0.39 is 0 Å². The van der Waals surface area contributed by atoms with Crippen LogP contribution in [0.5, 0.6) is 0 Å². The van der Waals surface area contributed by atoms with Crippen LogP contribution >= 0.6 is 0 Å². The molecule has 2 nitrogen and oxygen atoms in total. The second kappa shape index (κ2) is 10.8. The first-order valence-electron chi connectivity index (χ1n) is 8.18. The molecule has 1 N–H and O–H groups in total. The van der Waals surface area contributed by atoms with Gasteiger partial charge in [-0.2, -0.15) is 0 Å². The molecule has 1 aliphatic rings. The third-order valence-corrected chi connectivity index (χ3v) is 3.93. The molecule has 0 radical (unpaired) electrons. The zero-order valence-corrected chi connectivity index (χ0v) is 12.5. The van der Waals surface area contributed by atoms with E-state index in [1.807, 2.05) is 0 Å². The summed E-state index contributed by atoms with van der Waals surface area (Å²) in [5.74, 6) is 0. The number of rotatable bonds is 9. The van der Waals surface area contributed by atoms with Crippen LogP contribution < -0.4 is 5.32 Å². The van der Waals surface area contributed by atoms with E-state index in [1.54, 1.807) is 0 Å². The largest absolute Gasteiger partial charge is 0.378 e. The zero-order chi connectivity index (χ0) is 13.1. The molecule has 1 atom stereocenters. The van der Waals surface area contributed by atoms with Gasteiger partial charge in [-0.1, -0.05) is 32.6 Å². The number of unbranched alkanes of at least 4 members (excludes halogenated alkanes) is 1. The van der Waals surface area contributed by atoms with E-state index in [2.05, 4.69) is 19.2 Å². The fourth-order valence-electron chi connectivity index (χ4n) is 2.70. The van der Waals surface area contributed by atoms with Gasteiger partial charge in [0.05, 0.1) is 6.10 Å². The molecule has 0 heterocycles. The Morgan fingerprint density at radius 1 is 1.11 bits per heavy atom. The van der Waals surface area contributed by atoms with Crippen molar-refractivity contribution in [1.82, 2.24) is 5.32 Å². The molecule has 0 aromatic rings. The Bertz CT molecular complexity index is 176. The maximum Gasteiger partial charge on any atom is 0.0575 e. The molecule has 1 unspecified atom stereocenters. The zero-order valence-electron chi connectivity index (χ0n) is 12.5. The molecule has 1 rings (SSSR count). The van der Waals surface area contributed by atoms with Crippen molar-refractivity contribution in [3.8, 4) is 0 Å². The van der Waals surface area contributed by atoms with Crippen LogP contribution in [0.2, 0.25) is 0 Å². The molecule has 18 heavy (non-hydrogen) atoms. The second-order valence-electron chi connectivity index (χ2n) is 5.84. The number of ether oxygens (including phenoxy) is 1. The Morgan fingerprint density at radius 3 is 2.50 bits per heavy atom. The van der Waals surface area contributed by atoms with Crippen molar-refractivity contribution in [2.75, 3.05) is 13.2 Å². The van der Waals surface area contributed by atoms with Crippen molar-refractivity contribution in [1.29, 1.82) is 0 Å². The maximum absolute atomic E-state index is 6.01. The molecule has 0 aromatic carbocycles. The van der Waals surface area contributed by atoms with Gasteiger partial charge in [-0.3, -0.25) is 0 Å². The Kier molecular flexibility index (Phi) is 9.59. The molecule has 1 aliphatic carbocycles. The van der Waals surface area contributed by atoms with Crippen molar-refractivity contribution >= 4 is 0 Å². The van der Waals surface area contributed by atoms with Gasteiger partial charge in [0.25, 0.3) is 0 Å². The van der Waals surface area contributed by atoms with Crippen LogP contribution in [0.4, 0.5) is 0 Å². The summed E-state index contributed by atoms with van der Waals surface area (Å²) in [7, 11) is 0. The molecule has 0 bridgehead atoms. The van der Waals surface area contributed by atoms with Crippen molar-refractivity contribution in [2.24, 2.45) is 0 Å². The lowest BCUT2D eigenvalue weighted by Crippen LogP contribution is -2.26. The highest BCUT2D eigenvalue weighted by Gasteiger charge is 2.11. The molecule has 0 amide bonds. The van der Waals surface area contributed by atoms with E-state index in [-0.39, 0.29) is 0 Å². The van der Waals surface area contributed by atoms with Gasteiger partial charge in [0.1, 0.15) is 0 Å². The summed E-state index contributed by atoms with van der Waals surface area (Å²) in [5, 5.41) is 3.54. The van der Waals surface area contributed by atoms with Gasteiger partial charge in [0.15, 0.2) is 0 Å². The van der Waals surface area contributed by atoms with Gasteiger partial charge in [0.2, 0.25) is 0 Å². The molecule has 108 valence electrons. The van der Waals surface area contributed by atoms with Gasteiger partial charge >= 0.3 is 0 Å². The maximum atomic E-state index is 6.01. The van der Waals surface area contributed by atoms with Crippen LogP contribution in [0.1, 0.15) is 78.1 Å². The highest BCUT2D eigenvalue weighted by molar-refractivity contribution is 4.64. The molecule has 0 saturated heterocycles. The van der Waals surface area contributed by atoms with Crippen LogP contribution in [0, 0.1) is 0 Å². The lowest BCUT2D eigenvalue weighted by molar-refractivity contribution is 0.0406. The van der Waals surface area contributed by atoms with Gasteiger partial charge in [0, 0.05) is 12.6 Å². The van der Waals surface area contributed by atoms with E-state index in [0.29, 0.717) is 12.1 Å². The van der Waals surface area contributed by atoms with Crippen molar-refractivity contribution in [2.45, 2.75) is 90.2 Å². The molecule has 2 heteroatoms. The Balaban J connectivity index is 1.91. The van der Waals surface area contributed by atoms with Crippen LogP contribution in [0.15, 0.2) is 0 Å². The smallest absolute Gasteiger partial charge is 0.0575 e. The topological polar surface area (TPSA) is 21.3 Å². The van der Waals surface area contributed by atoms with Crippen molar-refractivity contribution < 1.29 is 4.74 Å². The fraction of sp³-hybridized carbons (Fsp3) is 1.00. The number of hydrogen-bond donors (Lipinski definition) is 1. The van der Waals surface area contributed by atoms with Crippen molar-refractivity contribution in [3.05, 3.63) is 0 Å². The van der Waals surface area contributed by atoms with Crippen LogP contribution in [0.25, 0.3) is 0 Å². The van der Waals surface area contributed by atoms with Crippen LogP contribution in [-0.2, 0) is 4.74 Å². The normalized spacial score (nSPS) is 19.7. The van der Waals surface area contributed by atoms with Crippen LogP contribution in [-0.4, -0.2) is 25.3 Å². The summed E-state index contributed by atoms with van der Waals surface area (Å²) >= 11 is 0. The van der Waals surface area contributed by atoms with E-state index in [0.717, 1.165) is 13.2 Å². The van der Waals surface area contributed by atoms with E-state index >= 15 is 0 Å². The van der Waals surface area contributed by atoms with E-state index in [1.165, 1.54) is 64.2 Å². The minimum Gasteiger partial charge on any atom is -0.378 e. The summed E-state index contributed by atoms with van der Waals surface area (Å²) < 4.78 is 6.01. The molecule has 0 aliphatic heterocycles. The number of hydrogen-bond acceptors (Lipinski definition) is 2. The quantitative estimate of drug-likeness (QED) is 0.490. The number of nitrogens with one attached hydrogen (secondary N) is 1. The average Bonchev–Trinajstić information content (AvgIpc) is 2.64. The Morgan fingerprint density at radius 2 is 1.83 bits per heavy atom. The lowest BCUT2D eigenvalue weighted by atomic mass is 10.1. The fourth-order valence-corrected chi connectivity index (χ4v) is 2.70. The van der Waals surface area contributed by atoms with E-state index in [9.17, 15) is 0 Å². The predicted molar refractivity (Wildman–Crippen MR) is 79.0 cm³/mol. The third-order valence-electron chi connectivity index (χ3n) is 3.93. The second-order valence-corrected chi connectivity index (χ2v) is 5.84. The molecular weight excluding hydrogens is 222 g/mol. The highest BCUT2D eigenvalue weighted by Crippen LogP contribution is 2.20. The van der Waals surface area contributed by atoms with E-state index in [4.69, 9.17) is 4.74 Å². The van der Waals surface area contributed by atoms with Gasteiger partial charge in [-0.15, -0.1) is 0 Å². The molecular formula is C16H33NO. The molecule has 1 saturated carbocycles. The molecule has 0 spiro atoms. The molecule has 1 fully saturated rings. The first-order valence-corrected chi connectivity index (χ1v) is 8.18. The standard InChI is InChI=1S/C16H33NO/c1-3-13-17-15(2)10-8-9-14-18-16-11-6-4-5-7-12-16/h15-17H,3-14H2,1-2H3. The first-order chi connectivity index (χ1) is 8.83. The Labute approximate surface area is 114 Å². The van der Waals surface area contributed by atoms with Crippen molar-refractivity contribution in [3.63, 3.8) is 0 Å². The lowest BCUT2D eigenvalue weighted by Gasteiger charge is -2.16. The average molecular weight is 255 g/mol.